The van der Waals surface area contributed by atoms with Crippen LogP contribution in [0.5, 0.6) is 0 Å². The minimum absolute atomic E-state index is 0.735. The number of fused-ring (bicyclic) bond motifs is 3. The number of para-hydroxylation sites is 1. The van der Waals surface area contributed by atoms with Crippen LogP contribution in [0.3, 0.4) is 0 Å². The van der Waals surface area contributed by atoms with Crippen LogP contribution in [0.25, 0.3) is 16.7 Å². The van der Waals surface area contributed by atoms with Crippen LogP contribution >= 0.6 is 12.2 Å². The van der Waals surface area contributed by atoms with E-state index in [4.69, 9.17) is 12.2 Å². The summed E-state index contributed by atoms with van der Waals surface area (Å²) in [5, 5.41) is 1.05. The molecule has 3 rings (SSSR count). The number of rotatable bonds is 0. The lowest BCUT2D eigenvalue weighted by molar-refractivity contribution is 1.16. The van der Waals surface area contributed by atoms with Crippen LogP contribution in [0.15, 0.2) is 36.7 Å². The normalized spacial score (nSPS) is 11.1. The molecule has 0 aliphatic carbocycles. The number of benzene rings is 1. The molecule has 0 saturated heterocycles. The standard InChI is InChI=1S/C10H7N3S/c14-9-7-3-1-2-4-8(7)13-6-5-11-10(13)12-9/h1-6H,(H,11,12,14). The number of imidazole rings is 1. The zero-order valence-corrected chi connectivity index (χ0v) is 8.08. The van der Waals surface area contributed by atoms with Crippen molar-refractivity contribution in [3.63, 3.8) is 0 Å². The Hall–Kier alpha value is -1.68. The third kappa shape index (κ3) is 0.914. The van der Waals surface area contributed by atoms with E-state index in [0.29, 0.717) is 0 Å². The monoisotopic (exact) mass is 201 g/mol. The summed E-state index contributed by atoms with van der Waals surface area (Å²) >= 11 is 5.24. The van der Waals surface area contributed by atoms with Gasteiger partial charge < -0.3 is 4.98 Å². The van der Waals surface area contributed by atoms with Gasteiger partial charge in [0.05, 0.1) is 5.52 Å². The van der Waals surface area contributed by atoms with Crippen molar-refractivity contribution in [3.8, 4) is 0 Å². The molecule has 68 valence electrons. The second kappa shape index (κ2) is 2.65. The largest absolute Gasteiger partial charge is 0.316 e. The van der Waals surface area contributed by atoms with Crippen molar-refractivity contribution in [1.82, 2.24) is 14.4 Å². The number of aromatic nitrogens is 3. The molecule has 0 aliphatic heterocycles. The molecule has 2 aromatic heterocycles. The molecule has 3 nitrogen and oxygen atoms in total. The van der Waals surface area contributed by atoms with Crippen LogP contribution in [-0.2, 0) is 0 Å². The molecule has 0 aliphatic rings. The molecule has 1 N–H and O–H groups in total. The Kier molecular flexibility index (Phi) is 1.46. The molecule has 0 bridgehead atoms. The third-order valence-corrected chi connectivity index (χ3v) is 2.60. The molecular formula is C10H7N3S. The Morgan fingerprint density at radius 3 is 3.07 bits per heavy atom. The Bertz CT molecular complexity index is 665. The highest BCUT2D eigenvalue weighted by Crippen LogP contribution is 2.15. The highest BCUT2D eigenvalue weighted by molar-refractivity contribution is 7.71. The maximum atomic E-state index is 5.24. The molecular weight excluding hydrogens is 194 g/mol. The fourth-order valence-corrected chi connectivity index (χ4v) is 1.90. The number of nitrogens with one attached hydrogen (secondary N) is 1. The van der Waals surface area contributed by atoms with Crippen LogP contribution < -0.4 is 0 Å². The van der Waals surface area contributed by atoms with E-state index in [-0.39, 0.29) is 0 Å². The third-order valence-electron chi connectivity index (χ3n) is 2.27. The minimum Gasteiger partial charge on any atom is -0.316 e. The zero-order chi connectivity index (χ0) is 9.54. The second-order valence-corrected chi connectivity index (χ2v) is 3.50. The number of hydrogen-bond acceptors (Lipinski definition) is 2. The summed E-state index contributed by atoms with van der Waals surface area (Å²) in [6.45, 7) is 0. The van der Waals surface area contributed by atoms with E-state index in [1.807, 2.05) is 34.9 Å². The summed E-state index contributed by atoms with van der Waals surface area (Å²) < 4.78 is 2.73. The highest BCUT2D eigenvalue weighted by Gasteiger charge is 2.00. The minimum atomic E-state index is 0.735. The number of H-pyrrole nitrogens is 1. The van der Waals surface area contributed by atoms with Crippen LogP contribution in [0.4, 0.5) is 0 Å². The Morgan fingerprint density at radius 1 is 1.29 bits per heavy atom. The predicted octanol–water partition coefficient (Wildman–Crippen LogP) is 2.55. The quantitative estimate of drug-likeness (QED) is 0.567. The van der Waals surface area contributed by atoms with Gasteiger partial charge in [0.2, 0.25) is 5.78 Å². The first-order valence-electron chi connectivity index (χ1n) is 4.30. The molecule has 4 heteroatoms. The van der Waals surface area contributed by atoms with Crippen LogP contribution in [0, 0.1) is 4.64 Å². The fourth-order valence-electron chi connectivity index (χ4n) is 1.63. The SMILES string of the molecule is S=c1[nH]c2nccn2c2ccccc12. The van der Waals surface area contributed by atoms with Gasteiger partial charge >= 0.3 is 0 Å². The van der Waals surface area contributed by atoms with E-state index in [2.05, 4.69) is 9.97 Å². The maximum Gasteiger partial charge on any atom is 0.212 e. The van der Waals surface area contributed by atoms with E-state index >= 15 is 0 Å². The summed E-state index contributed by atoms with van der Waals surface area (Å²) in [5.74, 6) is 0.786. The van der Waals surface area contributed by atoms with Gasteiger partial charge in [0.15, 0.2) is 0 Å². The molecule has 0 radical (unpaired) electrons. The Labute approximate surface area is 85.0 Å². The van der Waals surface area contributed by atoms with Crippen LogP contribution in [0.2, 0.25) is 0 Å². The van der Waals surface area contributed by atoms with E-state index < -0.39 is 0 Å². The van der Waals surface area contributed by atoms with Gasteiger partial charge in [-0.2, -0.15) is 0 Å². The second-order valence-electron chi connectivity index (χ2n) is 3.09. The number of nitrogens with zero attached hydrogens (tertiary/aromatic N) is 2. The van der Waals surface area contributed by atoms with Gasteiger partial charge in [-0.05, 0) is 12.1 Å². The zero-order valence-electron chi connectivity index (χ0n) is 7.27. The molecule has 0 fully saturated rings. The summed E-state index contributed by atoms with van der Waals surface area (Å²) in [5.41, 5.74) is 1.09. The molecule has 0 spiro atoms. The molecule has 0 amide bonds. The molecule has 2 heterocycles. The molecule has 3 aromatic rings. The van der Waals surface area contributed by atoms with Crippen molar-refractivity contribution in [3.05, 3.63) is 41.3 Å². The van der Waals surface area contributed by atoms with Gasteiger partial charge in [0, 0.05) is 17.8 Å². The van der Waals surface area contributed by atoms with Crippen molar-refractivity contribution < 1.29 is 0 Å². The van der Waals surface area contributed by atoms with Crippen molar-refractivity contribution in [2.24, 2.45) is 0 Å². The van der Waals surface area contributed by atoms with E-state index in [1.165, 1.54) is 0 Å². The first kappa shape index (κ1) is 7.70. The van der Waals surface area contributed by atoms with Gasteiger partial charge in [-0.3, -0.25) is 4.40 Å². The Balaban J connectivity index is 2.74. The van der Waals surface area contributed by atoms with E-state index in [1.54, 1.807) is 6.20 Å². The average Bonchev–Trinajstić information content (AvgIpc) is 2.66. The van der Waals surface area contributed by atoms with Gasteiger partial charge in [0.1, 0.15) is 4.64 Å². The van der Waals surface area contributed by atoms with Gasteiger partial charge in [-0.15, -0.1) is 0 Å². The summed E-state index contributed by atoms with van der Waals surface area (Å²) in [6.07, 6.45) is 3.68. The maximum absolute atomic E-state index is 5.24. The molecule has 1 aromatic carbocycles. The van der Waals surface area contributed by atoms with Crippen molar-refractivity contribution in [2.75, 3.05) is 0 Å². The molecule has 14 heavy (non-hydrogen) atoms. The summed E-state index contributed by atoms with van der Waals surface area (Å²) in [7, 11) is 0. The highest BCUT2D eigenvalue weighted by atomic mass is 32.1. The lowest BCUT2D eigenvalue weighted by Gasteiger charge is -2.01. The van der Waals surface area contributed by atoms with E-state index in [9.17, 15) is 0 Å². The van der Waals surface area contributed by atoms with Crippen molar-refractivity contribution >= 4 is 28.9 Å². The first-order valence-corrected chi connectivity index (χ1v) is 4.71. The first-order chi connectivity index (χ1) is 6.86. The van der Waals surface area contributed by atoms with E-state index in [0.717, 1.165) is 21.3 Å². The topological polar surface area (TPSA) is 33.1 Å². The number of hydrogen-bond donors (Lipinski definition) is 1. The molecule has 0 unspecified atom stereocenters. The van der Waals surface area contributed by atoms with Gasteiger partial charge in [-0.1, -0.05) is 24.4 Å². The van der Waals surface area contributed by atoms with Crippen LogP contribution in [0.1, 0.15) is 0 Å². The van der Waals surface area contributed by atoms with Crippen molar-refractivity contribution in [2.45, 2.75) is 0 Å². The van der Waals surface area contributed by atoms with Gasteiger partial charge in [0.25, 0.3) is 0 Å². The molecule has 0 atom stereocenters. The lowest BCUT2D eigenvalue weighted by Crippen LogP contribution is -1.91. The predicted molar refractivity (Wildman–Crippen MR) is 57.9 cm³/mol. The summed E-state index contributed by atoms with van der Waals surface area (Å²) in [6, 6.07) is 8.02. The Morgan fingerprint density at radius 2 is 2.14 bits per heavy atom. The average molecular weight is 201 g/mol. The van der Waals surface area contributed by atoms with Crippen LogP contribution in [-0.4, -0.2) is 14.4 Å². The smallest absolute Gasteiger partial charge is 0.212 e. The van der Waals surface area contributed by atoms with Gasteiger partial charge in [-0.25, -0.2) is 4.98 Å². The fraction of sp³-hybridized carbons (Fsp3) is 0. The summed E-state index contributed by atoms with van der Waals surface area (Å²) in [4.78, 5) is 7.25. The number of aromatic amines is 1. The van der Waals surface area contributed by atoms with Crippen molar-refractivity contribution in [1.29, 1.82) is 0 Å². The molecule has 0 saturated carbocycles. The lowest BCUT2D eigenvalue weighted by atomic mass is 10.2.